The van der Waals surface area contributed by atoms with E-state index in [0.717, 1.165) is 44.6 Å². The number of anilines is 1. The van der Waals surface area contributed by atoms with Crippen molar-refractivity contribution in [3.05, 3.63) is 23.5 Å². The summed E-state index contributed by atoms with van der Waals surface area (Å²) in [5, 5.41) is 2.65. The topological polar surface area (TPSA) is 102 Å². The van der Waals surface area contributed by atoms with E-state index in [2.05, 4.69) is 5.32 Å². The fourth-order valence-corrected chi connectivity index (χ4v) is 4.32. The molecule has 0 atom stereocenters. The minimum Gasteiger partial charge on any atom is -0.493 e. The molecular formula is C22H30FN3O4. The summed E-state index contributed by atoms with van der Waals surface area (Å²) in [7, 11) is 0. The molecule has 7 nitrogen and oxygen atoms in total. The van der Waals surface area contributed by atoms with Gasteiger partial charge in [-0.25, -0.2) is 4.39 Å². The molecule has 164 valence electrons. The molecule has 1 aliphatic heterocycles. The molecule has 0 unspecified atom stereocenters. The van der Waals surface area contributed by atoms with Crippen molar-refractivity contribution in [1.29, 1.82) is 0 Å². The van der Waals surface area contributed by atoms with Gasteiger partial charge in [0.2, 0.25) is 11.8 Å². The zero-order valence-electron chi connectivity index (χ0n) is 17.4. The van der Waals surface area contributed by atoms with Crippen LogP contribution in [0.5, 0.6) is 5.75 Å². The Hall–Kier alpha value is -2.64. The minimum atomic E-state index is -0.938. The molecule has 1 aromatic rings. The zero-order valence-corrected chi connectivity index (χ0v) is 17.4. The van der Waals surface area contributed by atoms with E-state index in [1.807, 2.05) is 0 Å². The molecule has 1 saturated heterocycles. The number of piperidine rings is 1. The zero-order chi connectivity index (χ0) is 21.7. The molecular weight excluding hydrogens is 389 g/mol. The molecule has 8 heteroatoms. The highest BCUT2D eigenvalue weighted by molar-refractivity contribution is 6.03. The van der Waals surface area contributed by atoms with Crippen LogP contribution < -0.4 is 15.8 Å². The summed E-state index contributed by atoms with van der Waals surface area (Å²) in [6, 6.07) is 2.58. The van der Waals surface area contributed by atoms with Crippen molar-refractivity contribution in [3.63, 3.8) is 0 Å². The number of amides is 3. The summed E-state index contributed by atoms with van der Waals surface area (Å²) >= 11 is 0. The van der Waals surface area contributed by atoms with Crippen LogP contribution in [0.25, 0.3) is 0 Å². The molecule has 0 radical (unpaired) electrons. The Morgan fingerprint density at radius 1 is 1.13 bits per heavy atom. The summed E-state index contributed by atoms with van der Waals surface area (Å²) in [5.41, 5.74) is 5.04. The number of benzene rings is 1. The van der Waals surface area contributed by atoms with E-state index in [4.69, 9.17) is 10.5 Å². The maximum atomic E-state index is 14.5. The first-order valence-electron chi connectivity index (χ1n) is 10.6. The van der Waals surface area contributed by atoms with Gasteiger partial charge in [-0.2, -0.15) is 0 Å². The fourth-order valence-electron chi connectivity index (χ4n) is 4.32. The number of ether oxygens (including phenoxy) is 1. The van der Waals surface area contributed by atoms with Crippen LogP contribution in [0.4, 0.5) is 10.1 Å². The van der Waals surface area contributed by atoms with Gasteiger partial charge >= 0.3 is 0 Å². The van der Waals surface area contributed by atoms with E-state index in [0.29, 0.717) is 32.0 Å². The second-order valence-electron chi connectivity index (χ2n) is 8.36. The van der Waals surface area contributed by atoms with E-state index < -0.39 is 11.7 Å². The number of rotatable bonds is 7. The molecule has 3 amide bonds. The minimum absolute atomic E-state index is 0.0481. The van der Waals surface area contributed by atoms with Gasteiger partial charge in [0.15, 0.2) is 0 Å². The monoisotopic (exact) mass is 419 g/mol. The molecule has 2 aliphatic rings. The van der Waals surface area contributed by atoms with Gasteiger partial charge in [-0.05, 0) is 37.5 Å². The second-order valence-corrected chi connectivity index (χ2v) is 8.36. The molecule has 0 spiro atoms. The van der Waals surface area contributed by atoms with Crippen LogP contribution in [0.1, 0.15) is 62.2 Å². The van der Waals surface area contributed by atoms with Crippen LogP contribution in [0.2, 0.25) is 0 Å². The van der Waals surface area contributed by atoms with Gasteiger partial charge in [0.1, 0.15) is 11.6 Å². The first-order valence-corrected chi connectivity index (χ1v) is 10.6. The van der Waals surface area contributed by atoms with Crippen molar-refractivity contribution < 1.29 is 23.5 Å². The molecule has 3 N–H and O–H groups in total. The Morgan fingerprint density at radius 2 is 1.80 bits per heavy atom. The van der Waals surface area contributed by atoms with Crippen molar-refractivity contribution in [2.24, 2.45) is 17.6 Å². The number of nitrogens with two attached hydrogens (primary N) is 1. The molecule has 2 fully saturated rings. The lowest BCUT2D eigenvalue weighted by atomic mass is 9.98. The standard InChI is InChI=1S/C22H30FN3O4/c1-14(27)26-8-6-16(7-9-26)13-30-17-11-18(23)21(22(24)29)19(12-17)25-20(28)10-15-4-2-3-5-15/h11-12,15-16H,2-10,13H2,1H3,(H2,24,29)(H,25,28). The SMILES string of the molecule is CC(=O)N1CCC(COc2cc(F)c(C(N)=O)c(NC(=O)CC3CCCC3)c2)CC1. The molecule has 0 bridgehead atoms. The second kappa shape index (κ2) is 9.91. The van der Waals surface area contributed by atoms with E-state index >= 15 is 0 Å². The van der Waals surface area contributed by atoms with Gasteiger partial charge in [-0.15, -0.1) is 0 Å². The highest BCUT2D eigenvalue weighted by Gasteiger charge is 2.24. The number of hydrogen-bond donors (Lipinski definition) is 2. The van der Waals surface area contributed by atoms with E-state index in [9.17, 15) is 18.8 Å². The number of primary amides is 1. The van der Waals surface area contributed by atoms with E-state index in [1.165, 1.54) is 6.07 Å². The summed E-state index contributed by atoms with van der Waals surface area (Å²) < 4.78 is 20.3. The van der Waals surface area contributed by atoms with Crippen molar-refractivity contribution in [2.75, 3.05) is 25.0 Å². The van der Waals surface area contributed by atoms with Crippen LogP contribution >= 0.6 is 0 Å². The van der Waals surface area contributed by atoms with Crippen molar-refractivity contribution in [3.8, 4) is 5.75 Å². The fraction of sp³-hybridized carbons (Fsp3) is 0.591. The average molecular weight is 419 g/mol. The number of carbonyl (C=O) groups is 3. The van der Waals surface area contributed by atoms with Gasteiger partial charge in [-0.3, -0.25) is 14.4 Å². The Labute approximate surface area is 176 Å². The Balaban J connectivity index is 1.64. The number of hydrogen-bond acceptors (Lipinski definition) is 4. The summed E-state index contributed by atoms with van der Waals surface area (Å²) in [5.74, 6) is -1.13. The maximum Gasteiger partial charge on any atom is 0.253 e. The van der Waals surface area contributed by atoms with Gasteiger partial charge < -0.3 is 20.7 Å². The van der Waals surface area contributed by atoms with Crippen LogP contribution in [-0.4, -0.2) is 42.3 Å². The third-order valence-electron chi connectivity index (χ3n) is 6.08. The summed E-state index contributed by atoms with van der Waals surface area (Å²) in [4.78, 5) is 37.4. The van der Waals surface area contributed by atoms with Crippen LogP contribution in [0.15, 0.2) is 12.1 Å². The Morgan fingerprint density at radius 3 is 2.40 bits per heavy atom. The van der Waals surface area contributed by atoms with Crippen molar-refractivity contribution >= 4 is 23.4 Å². The van der Waals surface area contributed by atoms with Gasteiger partial charge in [-0.1, -0.05) is 12.8 Å². The first kappa shape index (κ1) is 22.1. The highest BCUT2D eigenvalue weighted by Crippen LogP contribution is 2.30. The van der Waals surface area contributed by atoms with Gasteiger partial charge in [0.05, 0.1) is 17.9 Å². The largest absolute Gasteiger partial charge is 0.493 e. The predicted molar refractivity (Wildman–Crippen MR) is 111 cm³/mol. The predicted octanol–water partition coefficient (Wildman–Crippen LogP) is 3.08. The number of carbonyl (C=O) groups excluding carboxylic acids is 3. The lowest BCUT2D eigenvalue weighted by molar-refractivity contribution is -0.130. The quantitative estimate of drug-likeness (QED) is 0.709. The molecule has 30 heavy (non-hydrogen) atoms. The van der Waals surface area contributed by atoms with E-state index in [1.54, 1.807) is 11.8 Å². The smallest absolute Gasteiger partial charge is 0.253 e. The highest BCUT2D eigenvalue weighted by atomic mass is 19.1. The Kier molecular flexibility index (Phi) is 7.29. The number of nitrogens with one attached hydrogen (secondary N) is 1. The molecule has 1 aromatic carbocycles. The third-order valence-corrected chi connectivity index (χ3v) is 6.08. The van der Waals surface area contributed by atoms with Gasteiger partial charge in [0, 0.05) is 38.6 Å². The van der Waals surface area contributed by atoms with E-state index in [-0.39, 0.29) is 34.7 Å². The molecule has 1 heterocycles. The molecule has 1 saturated carbocycles. The molecule has 1 aliphatic carbocycles. The Bertz CT molecular complexity index is 800. The number of nitrogens with zero attached hydrogens (tertiary/aromatic N) is 1. The normalized spacial score (nSPS) is 17.7. The lowest BCUT2D eigenvalue weighted by Crippen LogP contribution is -2.38. The van der Waals surface area contributed by atoms with Gasteiger partial charge in [0.25, 0.3) is 5.91 Å². The maximum absolute atomic E-state index is 14.5. The molecule has 3 rings (SSSR count). The number of halogens is 1. The summed E-state index contributed by atoms with van der Waals surface area (Å²) in [6.45, 7) is 3.29. The first-order chi connectivity index (χ1) is 14.3. The third kappa shape index (κ3) is 5.70. The average Bonchev–Trinajstić information content (AvgIpc) is 3.18. The summed E-state index contributed by atoms with van der Waals surface area (Å²) in [6.07, 6.45) is 6.23. The lowest BCUT2D eigenvalue weighted by Gasteiger charge is -2.31. The van der Waals surface area contributed by atoms with Crippen molar-refractivity contribution in [1.82, 2.24) is 4.90 Å². The number of likely N-dealkylation sites (tertiary alicyclic amines) is 1. The van der Waals surface area contributed by atoms with Crippen molar-refractivity contribution in [2.45, 2.75) is 51.9 Å². The molecule has 0 aromatic heterocycles. The van der Waals surface area contributed by atoms with Crippen LogP contribution in [0.3, 0.4) is 0 Å². The van der Waals surface area contributed by atoms with Crippen LogP contribution in [0, 0.1) is 17.7 Å². The van der Waals surface area contributed by atoms with Crippen LogP contribution in [-0.2, 0) is 9.59 Å².